The third-order valence-electron chi connectivity index (χ3n) is 2.66. The zero-order valence-electron chi connectivity index (χ0n) is 12.6. The van der Waals surface area contributed by atoms with Crippen molar-refractivity contribution in [1.29, 1.82) is 0 Å². The molecular weight excluding hydrogens is 284 g/mol. The van der Waals surface area contributed by atoms with Gasteiger partial charge in [0.1, 0.15) is 0 Å². The second-order valence-electron chi connectivity index (χ2n) is 4.37. The Morgan fingerprint density at radius 3 is 2.50 bits per heavy atom. The molecule has 0 aliphatic heterocycles. The molecule has 0 rings (SSSR count). The Bertz CT molecular complexity index is 359. The smallest absolute Gasteiger partial charge is 0.306 e. The number of carbonyl (C=O) groups excluding carboxylic acids is 1. The normalized spacial score (nSPS) is 11.8. The molecule has 0 unspecified atom stereocenters. The molecule has 1 N–H and O–H groups in total. The van der Waals surface area contributed by atoms with Crippen LogP contribution in [0.4, 0.5) is 0 Å². The minimum Gasteiger partial charge on any atom is -0.469 e. The van der Waals surface area contributed by atoms with Crippen LogP contribution >= 0.6 is 0 Å². The molecule has 120 valence electrons. The number of rotatable bonds is 12. The highest BCUT2D eigenvalue weighted by Crippen LogP contribution is 1.97. The van der Waals surface area contributed by atoms with E-state index in [1.165, 1.54) is 14.2 Å². The number of nitrogens with zero attached hydrogens (tertiary/aromatic N) is 1. The second-order valence-corrected chi connectivity index (χ2v) is 6.23. The molecular formula is C12H26N2O5S. The summed E-state index contributed by atoms with van der Waals surface area (Å²) in [5, 5.41) is 0. The highest BCUT2D eigenvalue weighted by atomic mass is 32.2. The number of nitrogens with one attached hydrogen (secondary N) is 1. The number of ether oxygens (including phenoxy) is 2. The van der Waals surface area contributed by atoms with Crippen LogP contribution in [0, 0.1) is 0 Å². The van der Waals surface area contributed by atoms with E-state index in [0.29, 0.717) is 26.2 Å². The zero-order chi connectivity index (χ0) is 15.4. The van der Waals surface area contributed by atoms with Gasteiger partial charge in [-0.15, -0.1) is 0 Å². The molecule has 0 aliphatic rings. The van der Waals surface area contributed by atoms with Gasteiger partial charge in [-0.3, -0.25) is 4.79 Å². The Morgan fingerprint density at radius 2 is 1.90 bits per heavy atom. The van der Waals surface area contributed by atoms with Crippen molar-refractivity contribution in [2.45, 2.75) is 32.6 Å². The number of hydrogen-bond acceptors (Lipinski definition) is 5. The first-order valence-corrected chi connectivity index (χ1v) is 8.23. The number of hydrogen-bond donors (Lipinski definition) is 1. The van der Waals surface area contributed by atoms with Crippen molar-refractivity contribution in [2.24, 2.45) is 0 Å². The van der Waals surface area contributed by atoms with Gasteiger partial charge in [-0.2, -0.15) is 12.7 Å². The van der Waals surface area contributed by atoms with Gasteiger partial charge in [-0.1, -0.05) is 13.3 Å². The molecule has 20 heavy (non-hydrogen) atoms. The first kappa shape index (κ1) is 19.3. The van der Waals surface area contributed by atoms with Crippen molar-refractivity contribution in [3.05, 3.63) is 0 Å². The van der Waals surface area contributed by atoms with Crippen molar-refractivity contribution in [3.8, 4) is 0 Å². The van der Waals surface area contributed by atoms with Gasteiger partial charge >= 0.3 is 5.97 Å². The summed E-state index contributed by atoms with van der Waals surface area (Å²) < 4.78 is 36.9. The van der Waals surface area contributed by atoms with Crippen LogP contribution in [0.1, 0.15) is 32.6 Å². The average molecular weight is 310 g/mol. The Balaban J connectivity index is 3.80. The fraction of sp³-hybridized carbons (Fsp3) is 0.917. The SMILES string of the molecule is CCCCOCCCNS(=O)(=O)N(C)CCC(=O)OC. The molecule has 7 nitrogen and oxygen atoms in total. The largest absolute Gasteiger partial charge is 0.469 e. The van der Waals surface area contributed by atoms with Gasteiger partial charge in [0, 0.05) is 33.4 Å². The standard InChI is InChI=1S/C12H26N2O5S/c1-4-5-10-19-11-6-8-13-20(16,17)14(2)9-7-12(15)18-3/h13H,4-11H2,1-3H3. The van der Waals surface area contributed by atoms with Gasteiger partial charge in [0.25, 0.3) is 10.2 Å². The monoisotopic (exact) mass is 310 g/mol. The Kier molecular flexibility index (Phi) is 10.6. The van der Waals surface area contributed by atoms with Crippen molar-refractivity contribution < 1.29 is 22.7 Å². The average Bonchev–Trinajstić information content (AvgIpc) is 2.43. The van der Waals surface area contributed by atoms with Crippen LogP contribution in [0.3, 0.4) is 0 Å². The molecule has 0 aromatic heterocycles. The molecule has 8 heteroatoms. The lowest BCUT2D eigenvalue weighted by Crippen LogP contribution is -2.39. The maximum Gasteiger partial charge on any atom is 0.306 e. The molecule has 0 spiro atoms. The summed E-state index contributed by atoms with van der Waals surface area (Å²) in [5.41, 5.74) is 0. The summed E-state index contributed by atoms with van der Waals surface area (Å²) in [4.78, 5) is 10.9. The molecule has 0 atom stereocenters. The molecule has 0 bridgehead atoms. The Morgan fingerprint density at radius 1 is 1.25 bits per heavy atom. The third-order valence-corrected chi connectivity index (χ3v) is 4.23. The maximum absolute atomic E-state index is 11.8. The van der Waals surface area contributed by atoms with Gasteiger partial charge in [0.2, 0.25) is 0 Å². The summed E-state index contributed by atoms with van der Waals surface area (Å²) >= 11 is 0. The van der Waals surface area contributed by atoms with Crippen molar-refractivity contribution in [3.63, 3.8) is 0 Å². The van der Waals surface area contributed by atoms with Gasteiger partial charge in [-0.05, 0) is 12.8 Å². The van der Waals surface area contributed by atoms with E-state index in [9.17, 15) is 13.2 Å². The van der Waals surface area contributed by atoms with Crippen LogP contribution < -0.4 is 4.72 Å². The van der Waals surface area contributed by atoms with E-state index in [0.717, 1.165) is 17.1 Å². The predicted octanol–water partition coefficient (Wildman–Crippen LogP) is 0.523. The minimum atomic E-state index is -3.54. The van der Waals surface area contributed by atoms with Crippen LogP contribution in [-0.4, -0.2) is 59.2 Å². The number of carbonyl (C=O) groups is 1. The van der Waals surface area contributed by atoms with E-state index in [4.69, 9.17) is 4.74 Å². The van der Waals surface area contributed by atoms with Crippen molar-refractivity contribution in [2.75, 3.05) is 40.5 Å². The van der Waals surface area contributed by atoms with Crippen LogP contribution in [0.25, 0.3) is 0 Å². The molecule has 0 aromatic carbocycles. The van der Waals surface area contributed by atoms with Crippen LogP contribution in [-0.2, 0) is 24.5 Å². The molecule has 0 amide bonds. The van der Waals surface area contributed by atoms with Crippen LogP contribution in [0.5, 0.6) is 0 Å². The predicted molar refractivity (Wildman–Crippen MR) is 76.5 cm³/mol. The Hall–Kier alpha value is -0.700. The van der Waals surface area contributed by atoms with Gasteiger partial charge in [0.15, 0.2) is 0 Å². The van der Waals surface area contributed by atoms with E-state index in [1.807, 2.05) is 0 Å². The first-order valence-electron chi connectivity index (χ1n) is 6.79. The fourth-order valence-corrected chi connectivity index (χ4v) is 2.26. The lowest BCUT2D eigenvalue weighted by molar-refractivity contribution is -0.140. The molecule has 0 radical (unpaired) electrons. The second kappa shape index (κ2) is 11.0. The van der Waals surface area contributed by atoms with Crippen molar-refractivity contribution >= 4 is 16.2 Å². The van der Waals surface area contributed by atoms with Crippen LogP contribution in [0.15, 0.2) is 0 Å². The lowest BCUT2D eigenvalue weighted by Gasteiger charge is -2.17. The fourth-order valence-electron chi connectivity index (χ4n) is 1.31. The number of esters is 1. The summed E-state index contributed by atoms with van der Waals surface area (Å²) in [6, 6.07) is 0. The van der Waals surface area contributed by atoms with E-state index in [1.54, 1.807) is 0 Å². The summed E-state index contributed by atoms with van der Waals surface area (Å²) in [6.07, 6.45) is 2.75. The topological polar surface area (TPSA) is 84.9 Å². The quantitative estimate of drug-likeness (QED) is 0.420. The van der Waals surface area contributed by atoms with E-state index >= 15 is 0 Å². The molecule has 0 fully saturated rings. The maximum atomic E-state index is 11.8. The van der Waals surface area contributed by atoms with Gasteiger partial charge in [-0.25, -0.2) is 4.72 Å². The molecule has 0 heterocycles. The van der Waals surface area contributed by atoms with Crippen molar-refractivity contribution in [1.82, 2.24) is 9.03 Å². The lowest BCUT2D eigenvalue weighted by atomic mass is 10.4. The minimum absolute atomic E-state index is 0.0358. The Labute approximate surface area is 121 Å². The summed E-state index contributed by atoms with van der Waals surface area (Å²) in [6.45, 7) is 3.74. The zero-order valence-corrected chi connectivity index (χ0v) is 13.4. The highest BCUT2D eigenvalue weighted by molar-refractivity contribution is 7.87. The molecule has 0 aromatic rings. The summed E-state index contributed by atoms with van der Waals surface area (Å²) in [5.74, 6) is -0.434. The molecule has 0 aliphatic carbocycles. The highest BCUT2D eigenvalue weighted by Gasteiger charge is 2.17. The van der Waals surface area contributed by atoms with Crippen LogP contribution in [0.2, 0.25) is 0 Å². The number of unbranched alkanes of at least 4 members (excludes halogenated alkanes) is 1. The molecule has 0 saturated carbocycles. The van der Waals surface area contributed by atoms with Gasteiger partial charge in [0.05, 0.1) is 13.5 Å². The number of methoxy groups -OCH3 is 1. The van der Waals surface area contributed by atoms with E-state index in [2.05, 4.69) is 16.4 Å². The summed E-state index contributed by atoms with van der Waals surface area (Å²) in [7, 11) is -0.850. The third kappa shape index (κ3) is 9.24. The van der Waals surface area contributed by atoms with E-state index < -0.39 is 16.2 Å². The van der Waals surface area contributed by atoms with Gasteiger partial charge < -0.3 is 9.47 Å². The first-order chi connectivity index (χ1) is 9.44. The molecule has 0 saturated heterocycles. The van der Waals surface area contributed by atoms with E-state index in [-0.39, 0.29) is 13.0 Å².